The van der Waals surface area contributed by atoms with Gasteiger partial charge < -0.3 is 5.32 Å². The van der Waals surface area contributed by atoms with Crippen LogP contribution >= 0.6 is 0 Å². The summed E-state index contributed by atoms with van der Waals surface area (Å²) in [6.07, 6.45) is 2.01. The smallest absolute Gasteiger partial charge is 0.235 e. The van der Waals surface area contributed by atoms with Gasteiger partial charge in [-0.15, -0.1) is 0 Å². The first-order chi connectivity index (χ1) is 6.65. The summed E-state index contributed by atoms with van der Waals surface area (Å²) in [6.45, 7) is 4.16. The zero-order valence-electron chi connectivity index (χ0n) is 9.08. The second-order valence-electron chi connectivity index (χ2n) is 4.16. The monoisotopic (exact) mass is 194 g/mol. The highest BCUT2D eigenvalue weighted by Gasteiger charge is 2.42. The van der Waals surface area contributed by atoms with E-state index in [2.05, 4.69) is 19.2 Å². The Balaban J connectivity index is 2.81. The second-order valence-corrected chi connectivity index (χ2v) is 4.16. The van der Waals surface area contributed by atoms with Crippen molar-refractivity contribution in [1.29, 1.82) is 5.26 Å². The maximum absolute atomic E-state index is 11.5. The van der Waals surface area contributed by atoms with Gasteiger partial charge >= 0.3 is 0 Å². The quantitative estimate of drug-likeness (QED) is 0.690. The van der Waals surface area contributed by atoms with Crippen molar-refractivity contribution < 1.29 is 4.79 Å². The minimum Gasteiger partial charge on any atom is -0.317 e. The van der Waals surface area contributed by atoms with Crippen LogP contribution in [0.25, 0.3) is 0 Å². The van der Waals surface area contributed by atoms with E-state index in [-0.39, 0.29) is 17.6 Å². The maximum atomic E-state index is 11.5. The average Bonchev–Trinajstić information content (AvgIpc) is 2.53. The van der Waals surface area contributed by atoms with Crippen LogP contribution in [-0.4, -0.2) is 18.9 Å². The lowest BCUT2D eigenvalue weighted by molar-refractivity contribution is -0.119. The number of Topliss-reactive ketones (excluding diaryl/α,β-unsaturated/α-hetero) is 1. The fourth-order valence-corrected chi connectivity index (χ4v) is 2.70. The van der Waals surface area contributed by atoms with Crippen molar-refractivity contribution in [3.8, 4) is 6.07 Å². The number of carbonyl (C=O) groups excluding carboxylic acids is 1. The van der Waals surface area contributed by atoms with Crippen LogP contribution in [0.4, 0.5) is 0 Å². The molecule has 78 valence electrons. The van der Waals surface area contributed by atoms with Crippen molar-refractivity contribution in [3.63, 3.8) is 0 Å². The van der Waals surface area contributed by atoms with E-state index < -0.39 is 0 Å². The summed E-state index contributed by atoms with van der Waals surface area (Å²) >= 11 is 0. The molecule has 0 aromatic rings. The van der Waals surface area contributed by atoms with Gasteiger partial charge in [-0.1, -0.05) is 20.3 Å². The van der Waals surface area contributed by atoms with Crippen LogP contribution in [0.5, 0.6) is 0 Å². The molecule has 1 aliphatic rings. The normalized spacial score (nSPS) is 36.7. The molecule has 0 amide bonds. The lowest BCUT2D eigenvalue weighted by Gasteiger charge is -2.18. The molecule has 1 aliphatic carbocycles. The zero-order chi connectivity index (χ0) is 10.7. The number of nitriles is 1. The van der Waals surface area contributed by atoms with Crippen LogP contribution in [-0.2, 0) is 4.79 Å². The van der Waals surface area contributed by atoms with Crippen molar-refractivity contribution in [2.24, 2.45) is 17.8 Å². The van der Waals surface area contributed by atoms with Gasteiger partial charge in [0.15, 0.2) is 0 Å². The number of hydrogen-bond acceptors (Lipinski definition) is 3. The highest BCUT2D eigenvalue weighted by molar-refractivity contribution is 5.95. The maximum Gasteiger partial charge on any atom is 0.235 e. The van der Waals surface area contributed by atoms with Gasteiger partial charge in [-0.25, -0.2) is 0 Å². The van der Waals surface area contributed by atoms with Crippen molar-refractivity contribution in [2.75, 3.05) is 7.05 Å². The summed E-state index contributed by atoms with van der Waals surface area (Å²) in [5.41, 5.74) is 0. The topological polar surface area (TPSA) is 52.9 Å². The van der Waals surface area contributed by atoms with Crippen molar-refractivity contribution >= 4 is 5.78 Å². The van der Waals surface area contributed by atoms with Crippen molar-refractivity contribution in [1.82, 2.24) is 5.32 Å². The molecule has 0 bridgehead atoms. The Labute approximate surface area is 85.5 Å². The number of rotatable bonds is 3. The molecular weight excluding hydrogens is 176 g/mol. The van der Waals surface area contributed by atoms with Gasteiger partial charge in [0.1, 0.15) is 6.07 Å². The molecule has 0 radical (unpaired) electrons. The summed E-state index contributed by atoms with van der Waals surface area (Å²) < 4.78 is 0. The van der Waals surface area contributed by atoms with Crippen LogP contribution in [0.3, 0.4) is 0 Å². The van der Waals surface area contributed by atoms with Crippen LogP contribution in [0.15, 0.2) is 0 Å². The van der Waals surface area contributed by atoms with Gasteiger partial charge in [-0.05, 0) is 25.3 Å². The molecule has 0 aromatic carbocycles. The van der Waals surface area contributed by atoms with Crippen molar-refractivity contribution in [3.05, 3.63) is 0 Å². The van der Waals surface area contributed by atoms with E-state index in [1.165, 1.54) is 0 Å². The van der Waals surface area contributed by atoms with E-state index in [0.29, 0.717) is 12.0 Å². The third-order valence-corrected chi connectivity index (χ3v) is 3.57. The first-order valence-electron chi connectivity index (χ1n) is 5.26. The fourth-order valence-electron chi connectivity index (χ4n) is 2.70. The van der Waals surface area contributed by atoms with Gasteiger partial charge in [0.2, 0.25) is 5.78 Å². The Bertz CT molecular complexity index is 255. The Morgan fingerprint density at radius 1 is 1.64 bits per heavy atom. The Kier molecular flexibility index (Phi) is 3.65. The van der Waals surface area contributed by atoms with E-state index in [4.69, 9.17) is 5.26 Å². The molecule has 1 rings (SSSR count). The van der Waals surface area contributed by atoms with Crippen molar-refractivity contribution in [2.45, 2.75) is 32.7 Å². The predicted octanol–water partition coefficient (Wildman–Crippen LogP) is 1.35. The first-order valence-corrected chi connectivity index (χ1v) is 5.26. The van der Waals surface area contributed by atoms with Gasteiger partial charge in [-0.2, -0.15) is 5.26 Å². The lowest BCUT2D eigenvalue weighted by atomic mass is 9.85. The predicted molar refractivity (Wildman–Crippen MR) is 54.5 cm³/mol. The molecule has 4 atom stereocenters. The van der Waals surface area contributed by atoms with E-state index in [1.807, 2.05) is 7.05 Å². The highest BCUT2D eigenvalue weighted by atomic mass is 16.1. The second kappa shape index (κ2) is 4.56. The third kappa shape index (κ3) is 1.80. The number of carbonyl (C=O) groups is 1. The van der Waals surface area contributed by atoms with Crippen LogP contribution in [0, 0.1) is 29.1 Å². The van der Waals surface area contributed by atoms with E-state index in [0.717, 1.165) is 12.8 Å². The zero-order valence-corrected chi connectivity index (χ0v) is 9.08. The molecule has 4 unspecified atom stereocenters. The summed E-state index contributed by atoms with van der Waals surface area (Å²) in [7, 11) is 1.92. The van der Waals surface area contributed by atoms with Gasteiger partial charge in [0.05, 0.1) is 0 Å². The van der Waals surface area contributed by atoms with Crippen LogP contribution in [0.1, 0.15) is 26.7 Å². The molecule has 3 heteroatoms. The highest BCUT2D eigenvalue weighted by Crippen LogP contribution is 2.39. The summed E-state index contributed by atoms with van der Waals surface area (Å²) in [5.74, 6) is 0.385. The van der Waals surface area contributed by atoms with Crippen LogP contribution in [0.2, 0.25) is 0 Å². The number of hydrogen-bond donors (Lipinski definition) is 1. The molecule has 0 saturated heterocycles. The molecule has 0 aliphatic heterocycles. The molecule has 3 nitrogen and oxygen atoms in total. The molecule has 0 spiro atoms. The average molecular weight is 194 g/mol. The Morgan fingerprint density at radius 3 is 2.71 bits per heavy atom. The standard InChI is InChI=1S/C11H18N2O/c1-4-8-5-9(13-3)7(2)11(8)10(14)6-12/h7-9,11,13H,4-5H2,1-3H3. The third-order valence-electron chi connectivity index (χ3n) is 3.57. The number of nitrogens with one attached hydrogen (secondary N) is 1. The SMILES string of the molecule is CCC1CC(NC)C(C)C1C(=O)C#N. The number of nitrogens with zero attached hydrogens (tertiary/aromatic N) is 1. The van der Waals surface area contributed by atoms with Gasteiger partial charge in [0.25, 0.3) is 0 Å². The van der Waals surface area contributed by atoms with Crippen LogP contribution < -0.4 is 5.32 Å². The summed E-state index contributed by atoms with van der Waals surface area (Å²) in [6, 6.07) is 2.17. The van der Waals surface area contributed by atoms with E-state index in [1.54, 1.807) is 6.07 Å². The summed E-state index contributed by atoms with van der Waals surface area (Å²) in [4.78, 5) is 11.5. The van der Waals surface area contributed by atoms with Gasteiger partial charge in [0, 0.05) is 12.0 Å². The molecule has 1 N–H and O–H groups in total. The minimum absolute atomic E-state index is 0.0533. The Hall–Kier alpha value is -0.880. The van der Waals surface area contributed by atoms with E-state index in [9.17, 15) is 4.79 Å². The minimum atomic E-state index is -0.234. The number of ketones is 1. The molecule has 1 saturated carbocycles. The molecule has 1 fully saturated rings. The van der Waals surface area contributed by atoms with E-state index >= 15 is 0 Å². The first kappa shape index (κ1) is 11.2. The lowest BCUT2D eigenvalue weighted by Crippen LogP contribution is -2.31. The fraction of sp³-hybridized carbons (Fsp3) is 0.818. The molecule has 0 heterocycles. The molecule has 0 aromatic heterocycles. The Morgan fingerprint density at radius 2 is 2.29 bits per heavy atom. The summed E-state index contributed by atoms with van der Waals surface area (Å²) in [5, 5.41) is 11.9. The largest absolute Gasteiger partial charge is 0.317 e. The van der Waals surface area contributed by atoms with Gasteiger partial charge in [-0.3, -0.25) is 4.79 Å². The molecule has 14 heavy (non-hydrogen) atoms. The molecular formula is C11H18N2O.